The molecular weight excluding hydrogens is 114 g/mol. The van der Waals surface area contributed by atoms with Gasteiger partial charge >= 0.3 is 0 Å². The van der Waals surface area contributed by atoms with Crippen molar-refractivity contribution in [2.24, 2.45) is 11.7 Å². The molecule has 0 bridgehead atoms. The van der Waals surface area contributed by atoms with Crippen molar-refractivity contribution in [3.05, 3.63) is 12.2 Å². The highest BCUT2D eigenvalue weighted by molar-refractivity contribution is 5.74. The van der Waals surface area contributed by atoms with Gasteiger partial charge in [0.15, 0.2) is 0 Å². The Balaban J connectivity index is 2.28. The molecule has 0 aromatic carbocycles. The summed E-state index contributed by atoms with van der Waals surface area (Å²) < 4.78 is 0. The Morgan fingerprint density at radius 1 is 1.78 bits per heavy atom. The molecule has 1 rings (SSSR count). The van der Waals surface area contributed by atoms with Crippen LogP contribution in [0.4, 0.5) is 0 Å². The lowest BCUT2D eigenvalue weighted by Crippen LogP contribution is -2.13. The standard InChI is InChI=1S/C7H11NO/c8-7(9)5-6-3-1-2-4-6/h1,3,6H,2,4-5H2,(H2,8,9)/t6-/m0/s1. The first-order valence-corrected chi connectivity index (χ1v) is 3.24. The summed E-state index contributed by atoms with van der Waals surface area (Å²) in [5, 5.41) is 0. The third-order valence-corrected chi connectivity index (χ3v) is 1.58. The minimum absolute atomic E-state index is 0.188. The van der Waals surface area contributed by atoms with E-state index in [0.29, 0.717) is 12.3 Å². The molecule has 1 amide bonds. The largest absolute Gasteiger partial charge is 0.370 e. The number of rotatable bonds is 2. The molecule has 50 valence electrons. The van der Waals surface area contributed by atoms with Crippen LogP contribution in [0.5, 0.6) is 0 Å². The molecule has 2 heteroatoms. The summed E-state index contributed by atoms with van der Waals surface area (Å²) in [5.41, 5.74) is 5.00. The summed E-state index contributed by atoms with van der Waals surface area (Å²) in [5.74, 6) is 0.244. The van der Waals surface area contributed by atoms with Crippen molar-refractivity contribution in [3.8, 4) is 0 Å². The number of primary amides is 1. The van der Waals surface area contributed by atoms with Crippen LogP contribution < -0.4 is 5.73 Å². The highest BCUT2D eigenvalue weighted by atomic mass is 16.1. The van der Waals surface area contributed by atoms with Crippen LogP contribution in [-0.2, 0) is 4.79 Å². The van der Waals surface area contributed by atoms with Crippen LogP contribution in [0.1, 0.15) is 19.3 Å². The lowest BCUT2D eigenvalue weighted by molar-refractivity contribution is -0.118. The molecule has 2 N–H and O–H groups in total. The molecule has 9 heavy (non-hydrogen) atoms. The maximum Gasteiger partial charge on any atom is 0.218 e. The molecule has 1 aliphatic rings. The number of carbonyl (C=O) groups is 1. The zero-order chi connectivity index (χ0) is 6.69. The van der Waals surface area contributed by atoms with Gasteiger partial charge in [-0.15, -0.1) is 0 Å². The smallest absolute Gasteiger partial charge is 0.218 e. The van der Waals surface area contributed by atoms with E-state index in [1.165, 1.54) is 0 Å². The van der Waals surface area contributed by atoms with Crippen molar-refractivity contribution in [1.82, 2.24) is 0 Å². The number of nitrogens with two attached hydrogens (primary N) is 1. The van der Waals surface area contributed by atoms with E-state index in [9.17, 15) is 4.79 Å². The van der Waals surface area contributed by atoms with Crippen molar-refractivity contribution in [1.29, 1.82) is 0 Å². The van der Waals surface area contributed by atoms with Crippen LogP contribution >= 0.6 is 0 Å². The van der Waals surface area contributed by atoms with Crippen LogP contribution in [0.2, 0.25) is 0 Å². The third kappa shape index (κ3) is 1.88. The maximum absolute atomic E-state index is 10.3. The molecular formula is C7H11NO. The lowest BCUT2D eigenvalue weighted by Gasteiger charge is -2.00. The zero-order valence-electron chi connectivity index (χ0n) is 5.34. The van der Waals surface area contributed by atoms with E-state index in [1.54, 1.807) is 0 Å². The van der Waals surface area contributed by atoms with Gasteiger partial charge < -0.3 is 5.73 Å². The molecule has 0 radical (unpaired) electrons. The van der Waals surface area contributed by atoms with Crippen molar-refractivity contribution >= 4 is 5.91 Å². The second kappa shape index (κ2) is 2.67. The normalized spacial score (nSPS) is 24.7. The average Bonchev–Trinajstić information content (AvgIpc) is 2.15. The van der Waals surface area contributed by atoms with Gasteiger partial charge in [-0.1, -0.05) is 12.2 Å². The predicted octanol–water partition coefficient (Wildman–Crippen LogP) is 0.828. The fourth-order valence-electron chi connectivity index (χ4n) is 1.12. The van der Waals surface area contributed by atoms with E-state index < -0.39 is 0 Å². The number of allylic oxidation sites excluding steroid dienone is 2. The first kappa shape index (κ1) is 6.33. The molecule has 1 aliphatic carbocycles. The quantitative estimate of drug-likeness (QED) is 0.546. The fraction of sp³-hybridized carbons (Fsp3) is 0.571. The maximum atomic E-state index is 10.3. The molecule has 0 aromatic rings. The summed E-state index contributed by atoms with van der Waals surface area (Å²) in [6, 6.07) is 0. The Bertz CT molecular complexity index is 140. The summed E-state index contributed by atoms with van der Waals surface area (Å²) >= 11 is 0. The van der Waals surface area contributed by atoms with Crippen LogP contribution in [0.15, 0.2) is 12.2 Å². The fourth-order valence-corrected chi connectivity index (χ4v) is 1.12. The van der Waals surface area contributed by atoms with E-state index in [-0.39, 0.29) is 5.91 Å². The number of hydrogen-bond acceptors (Lipinski definition) is 1. The van der Waals surface area contributed by atoms with Gasteiger partial charge in [-0.25, -0.2) is 0 Å². The van der Waals surface area contributed by atoms with Gasteiger partial charge in [-0.3, -0.25) is 4.79 Å². The first-order valence-electron chi connectivity index (χ1n) is 3.24. The van der Waals surface area contributed by atoms with E-state index in [2.05, 4.69) is 12.2 Å². The highest BCUT2D eigenvalue weighted by Crippen LogP contribution is 2.19. The predicted molar refractivity (Wildman–Crippen MR) is 35.7 cm³/mol. The molecule has 0 unspecified atom stereocenters. The molecule has 0 aliphatic heterocycles. The van der Waals surface area contributed by atoms with E-state index in [4.69, 9.17) is 5.73 Å². The number of amides is 1. The second-order valence-corrected chi connectivity index (χ2v) is 2.44. The monoisotopic (exact) mass is 125 g/mol. The van der Waals surface area contributed by atoms with Gasteiger partial charge in [-0.2, -0.15) is 0 Å². The number of carbonyl (C=O) groups excluding carboxylic acids is 1. The van der Waals surface area contributed by atoms with Gasteiger partial charge in [0.25, 0.3) is 0 Å². The Morgan fingerprint density at radius 3 is 3.00 bits per heavy atom. The Morgan fingerprint density at radius 2 is 2.56 bits per heavy atom. The topological polar surface area (TPSA) is 43.1 Å². The van der Waals surface area contributed by atoms with Crippen molar-refractivity contribution in [3.63, 3.8) is 0 Å². The summed E-state index contributed by atoms with van der Waals surface area (Å²) in [7, 11) is 0. The van der Waals surface area contributed by atoms with E-state index in [0.717, 1.165) is 12.8 Å². The minimum atomic E-state index is -0.188. The van der Waals surface area contributed by atoms with Crippen LogP contribution in [0.25, 0.3) is 0 Å². The van der Waals surface area contributed by atoms with Crippen LogP contribution in [0.3, 0.4) is 0 Å². The molecule has 0 saturated carbocycles. The zero-order valence-corrected chi connectivity index (χ0v) is 5.34. The summed E-state index contributed by atoms with van der Waals surface area (Å²) in [6.45, 7) is 0. The van der Waals surface area contributed by atoms with E-state index in [1.807, 2.05) is 0 Å². The molecule has 1 atom stereocenters. The molecule has 2 nitrogen and oxygen atoms in total. The van der Waals surface area contributed by atoms with Crippen LogP contribution in [-0.4, -0.2) is 5.91 Å². The first-order chi connectivity index (χ1) is 4.29. The lowest BCUT2D eigenvalue weighted by atomic mass is 10.1. The minimum Gasteiger partial charge on any atom is -0.370 e. The van der Waals surface area contributed by atoms with Crippen LogP contribution in [0, 0.1) is 5.92 Å². The molecule has 0 aromatic heterocycles. The van der Waals surface area contributed by atoms with Gasteiger partial charge in [0.05, 0.1) is 0 Å². The molecule has 0 fully saturated rings. The molecule has 0 saturated heterocycles. The second-order valence-electron chi connectivity index (χ2n) is 2.44. The average molecular weight is 125 g/mol. The third-order valence-electron chi connectivity index (χ3n) is 1.58. The Hall–Kier alpha value is -0.790. The van der Waals surface area contributed by atoms with Crippen molar-refractivity contribution in [2.75, 3.05) is 0 Å². The van der Waals surface area contributed by atoms with E-state index >= 15 is 0 Å². The Labute approximate surface area is 54.7 Å². The highest BCUT2D eigenvalue weighted by Gasteiger charge is 2.10. The van der Waals surface area contributed by atoms with Gasteiger partial charge in [-0.05, 0) is 18.8 Å². The van der Waals surface area contributed by atoms with Gasteiger partial charge in [0, 0.05) is 6.42 Å². The van der Waals surface area contributed by atoms with Gasteiger partial charge in [0.2, 0.25) is 5.91 Å². The van der Waals surface area contributed by atoms with Crippen molar-refractivity contribution < 1.29 is 4.79 Å². The molecule has 0 spiro atoms. The number of hydrogen-bond donors (Lipinski definition) is 1. The van der Waals surface area contributed by atoms with Crippen molar-refractivity contribution in [2.45, 2.75) is 19.3 Å². The molecule has 0 heterocycles. The SMILES string of the molecule is NC(=O)C[C@H]1C=CCC1. The summed E-state index contributed by atoms with van der Waals surface area (Å²) in [4.78, 5) is 10.3. The Kier molecular flexibility index (Phi) is 1.88. The van der Waals surface area contributed by atoms with Gasteiger partial charge in [0.1, 0.15) is 0 Å². The summed E-state index contributed by atoms with van der Waals surface area (Å²) in [6.07, 6.45) is 6.91.